The van der Waals surface area contributed by atoms with Crippen molar-refractivity contribution in [3.05, 3.63) is 135 Å². The number of carbonyl (C=O) groups excluding carboxylic acids is 6. The fourth-order valence-corrected chi connectivity index (χ4v) is 6.56. The highest BCUT2D eigenvalue weighted by Gasteiger charge is 2.27. The number of alkyl halides is 3. The minimum atomic E-state index is -1.66. The highest BCUT2D eigenvalue weighted by molar-refractivity contribution is 6.32. The second kappa shape index (κ2) is 22.9. The molecule has 330 valence electrons. The number of benzene rings is 5. The van der Waals surface area contributed by atoms with Crippen molar-refractivity contribution in [2.24, 2.45) is 20.5 Å². The lowest BCUT2D eigenvalue weighted by Gasteiger charge is -2.17. The minimum absolute atomic E-state index is 0.0323. The molecular weight excluding hydrogens is 930 g/mol. The Morgan fingerprint density at radius 2 is 1.03 bits per heavy atom. The van der Waals surface area contributed by atoms with Crippen molar-refractivity contribution in [2.45, 2.75) is 50.2 Å². The molecule has 5 aromatic rings. The van der Waals surface area contributed by atoms with Crippen molar-refractivity contribution >= 4 is 127 Å². The molecule has 3 unspecified atom stereocenters. The second-order valence-corrected chi connectivity index (χ2v) is 15.8. The number of azo groups is 2. The molecule has 5 aromatic carbocycles. The van der Waals surface area contributed by atoms with E-state index in [4.69, 9.17) is 62.7 Å². The minimum Gasteiger partial charge on any atom is -0.473 e. The van der Waals surface area contributed by atoms with Gasteiger partial charge in [-0.15, -0.1) is 23.2 Å². The molecule has 0 heterocycles. The van der Waals surface area contributed by atoms with Crippen LogP contribution in [0.1, 0.15) is 52.6 Å². The standard InChI is InChI=1S/C44H37Cl5N8O7/c1-23(58)39(56-54-35-16-28(14-30(48)18-35)41(60)50-32-8-4-6-26(12-32)21-45)43(62)52-34-10-11-37(38(20-34)64-25(3)47)53-44(63)40(24(2)59)57-55-36-17-29(15-31(49)19-36)42(61)51-33-9-5-7-27(13-33)22-46/h4-20,25,39-40H,21-22H2,1-3H3,(H,50,60)(H,51,61)(H,52,62)(H,53,63). The Bertz CT molecular complexity index is 2660. The van der Waals surface area contributed by atoms with Gasteiger partial charge in [0.2, 0.25) is 12.1 Å². The highest BCUT2D eigenvalue weighted by atomic mass is 35.5. The lowest BCUT2D eigenvalue weighted by Crippen LogP contribution is -2.32. The largest absolute Gasteiger partial charge is 0.473 e. The van der Waals surface area contributed by atoms with Gasteiger partial charge in [-0.2, -0.15) is 20.5 Å². The number of halogens is 5. The predicted molar refractivity (Wildman–Crippen MR) is 248 cm³/mol. The van der Waals surface area contributed by atoms with E-state index in [-0.39, 0.29) is 61.4 Å². The number of Topliss-reactive ketones (excluding diaryl/α,β-unsaturated/α-hetero) is 2. The van der Waals surface area contributed by atoms with Crippen LogP contribution in [-0.4, -0.2) is 52.8 Å². The molecule has 0 bridgehead atoms. The summed E-state index contributed by atoms with van der Waals surface area (Å²) in [5.74, 6) is -3.65. The molecule has 64 heavy (non-hydrogen) atoms. The van der Waals surface area contributed by atoms with Crippen molar-refractivity contribution in [3.8, 4) is 5.75 Å². The first-order chi connectivity index (χ1) is 30.5. The lowest BCUT2D eigenvalue weighted by atomic mass is 10.1. The van der Waals surface area contributed by atoms with Gasteiger partial charge < -0.3 is 26.0 Å². The number of nitrogens with zero attached hydrogens (tertiary/aromatic N) is 4. The maximum absolute atomic E-state index is 13.5. The van der Waals surface area contributed by atoms with Gasteiger partial charge in [0.25, 0.3) is 23.6 Å². The number of ether oxygens (including phenoxy) is 1. The number of ketones is 2. The second-order valence-electron chi connectivity index (χ2n) is 13.8. The van der Waals surface area contributed by atoms with E-state index < -0.39 is 52.8 Å². The molecule has 5 rings (SSSR count). The van der Waals surface area contributed by atoms with E-state index in [9.17, 15) is 28.8 Å². The summed E-state index contributed by atoms with van der Waals surface area (Å²) in [5, 5.41) is 26.9. The molecule has 0 radical (unpaired) electrons. The molecule has 0 aliphatic carbocycles. The molecule has 0 saturated heterocycles. The third kappa shape index (κ3) is 14.1. The van der Waals surface area contributed by atoms with Gasteiger partial charge in [-0.1, -0.05) is 59.1 Å². The van der Waals surface area contributed by atoms with Crippen LogP contribution in [0.25, 0.3) is 0 Å². The molecule has 4 N–H and O–H groups in total. The summed E-state index contributed by atoms with van der Waals surface area (Å²) in [4.78, 5) is 78.2. The monoisotopic (exact) mass is 964 g/mol. The number of anilines is 4. The Morgan fingerprint density at radius 3 is 1.47 bits per heavy atom. The molecule has 4 amide bonds. The fraction of sp³-hybridized carbons (Fsp3) is 0.182. The maximum atomic E-state index is 13.5. The number of amides is 4. The summed E-state index contributed by atoms with van der Waals surface area (Å²) in [6.45, 7) is 3.78. The van der Waals surface area contributed by atoms with E-state index in [1.165, 1.54) is 61.5 Å². The first-order valence-corrected chi connectivity index (χ1v) is 21.2. The first-order valence-electron chi connectivity index (χ1n) is 18.9. The molecular formula is C44H37Cl5N8O7. The van der Waals surface area contributed by atoms with Crippen molar-refractivity contribution in [3.63, 3.8) is 0 Å². The highest BCUT2D eigenvalue weighted by Crippen LogP contribution is 2.31. The van der Waals surface area contributed by atoms with E-state index in [2.05, 4.69) is 41.7 Å². The van der Waals surface area contributed by atoms with Crippen LogP contribution in [0.3, 0.4) is 0 Å². The van der Waals surface area contributed by atoms with Gasteiger partial charge in [-0.25, -0.2) is 0 Å². The van der Waals surface area contributed by atoms with Crippen LogP contribution >= 0.6 is 58.0 Å². The van der Waals surface area contributed by atoms with Gasteiger partial charge in [0.15, 0.2) is 17.1 Å². The summed E-state index contributed by atoms with van der Waals surface area (Å²) in [6, 6.07) is 23.1. The molecule has 0 aliphatic heterocycles. The summed E-state index contributed by atoms with van der Waals surface area (Å²) >= 11 is 30.5. The number of rotatable bonds is 18. The Labute approximate surface area is 391 Å². The number of hydrogen-bond acceptors (Lipinski definition) is 11. The van der Waals surface area contributed by atoms with E-state index in [0.29, 0.717) is 11.4 Å². The van der Waals surface area contributed by atoms with Gasteiger partial charge in [0.05, 0.1) is 17.1 Å². The first kappa shape index (κ1) is 48.8. The van der Waals surface area contributed by atoms with Crippen LogP contribution in [0.2, 0.25) is 10.0 Å². The van der Waals surface area contributed by atoms with E-state index >= 15 is 0 Å². The third-order valence-electron chi connectivity index (χ3n) is 8.61. The summed E-state index contributed by atoms with van der Waals surface area (Å²) in [6.07, 6.45) is 0. The van der Waals surface area contributed by atoms with Crippen LogP contribution in [0.5, 0.6) is 5.75 Å². The Morgan fingerprint density at radius 1 is 0.578 bits per heavy atom. The van der Waals surface area contributed by atoms with Crippen LogP contribution < -0.4 is 26.0 Å². The van der Waals surface area contributed by atoms with E-state index in [1.807, 2.05) is 12.1 Å². The smallest absolute Gasteiger partial charge is 0.258 e. The third-order valence-corrected chi connectivity index (χ3v) is 9.75. The normalized spacial score (nSPS) is 12.6. The zero-order chi connectivity index (χ0) is 46.5. The van der Waals surface area contributed by atoms with Crippen LogP contribution in [-0.2, 0) is 30.9 Å². The molecule has 0 aliphatic rings. The molecule has 3 atom stereocenters. The van der Waals surface area contributed by atoms with E-state index in [0.717, 1.165) is 25.0 Å². The lowest BCUT2D eigenvalue weighted by molar-refractivity contribution is -0.127. The molecule has 0 aromatic heterocycles. The van der Waals surface area contributed by atoms with Crippen molar-refractivity contribution < 1.29 is 33.5 Å². The average molecular weight is 967 g/mol. The molecule has 0 saturated carbocycles. The van der Waals surface area contributed by atoms with Crippen molar-refractivity contribution in [2.75, 3.05) is 21.3 Å². The van der Waals surface area contributed by atoms with Crippen LogP contribution in [0.4, 0.5) is 34.1 Å². The van der Waals surface area contributed by atoms with Crippen molar-refractivity contribution in [1.82, 2.24) is 0 Å². The van der Waals surface area contributed by atoms with E-state index in [1.54, 1.807) is 36.4 Å². The fourth-order valence-electron chi connectivity index (χ4n) is 5.67. The summed E-state index contributed by atoms with van der Waals surface area (Å²) < 4.78 is 5.69. The topological polar surface area (TPSA) is 209 Å². The molecule has 0 fully saturated rings. The van der Waals surface area contributed by atoms with Gasteiger partial charge in [0.1, 0.15) is 5.75 Å². The summed E-state index contributed by atoms with van der Waals surface area (Å²) in [7, 11) is 0. The zero-order valence-corrected chi connectivity index (χ0v) is 37.8. The SMILES string of the molecule is CC(=O)C(N=Nc1cc(Cl)cc(C(=O)Nc2cccc(CCl)c2)c1)C(=O)Nc1ccc(NC(=O)C(N=Nc2cc(Cl)cc(C(=O)Nc3cccc(CCl)c3)c2)C(C)=O)c(OC(C)Cl)c1. The van der Waals surface area contributed by atoms with Gasteiger partial charge >= 0.3 is 0 Å². The number of nitrogens with one attached hydrogen (secondary N) is 4. The number of carbonyl (C=O) groups is 6. The quantitative estimate of drug-likeness (QED) is 0.0379. The van der Waals surface area contributed by atoms with Gasteiger partial charge in [0, 0.05) is 56.1 Å². The van der Waals surface area contributed by atoms with Gasteiger partial charge in [-0.05, 0) is 105 Å². The Kier molecular flexibility index (Phi) is 17.5. The Balaban J connectivity index is 1.29. The van der Waals surface area contributed by atoms with Crippen LogP contribution in [0, 0.1) is 0 Å². The molecule has 0 spiro atoms. The predicted octanol–water partition coefficient (Wildman–Crippen LogP) is 11.3. The van der Waals surface area contributed by atoms with Crippen LogP contribution in [0.15, 0.2) is 124 Å². The van der Waals surface area contributed by atoms with Crippen molar-refractivity contribution in [1.29, 1.82) is 0 Å². The number of hydrogen-bond donors (Lipinski definition) is 4. The molecule has 20 heteroatoms. The molecule has 15 nitrogen and oxygen atoms in total. The average Bonchev–Trinajstić information content (AvgIpc) is 3.24. The zero-order valence-electron chi connectivity index (χ0n) is 34.0. The van der Waals surface area contributed by atoms with Gasteiger partial charge in [-0.3, -0.25) is 28.8 Å². The summed E-state index contributed by atoms with van der Waals surface area (Å²) in [5.41, 5.74) is 2.24. The maximum Gasteiger partial charge on any atom is 0.258 e. The Hall–Kier alpha value is -6.23.